The third-order valence-electron chi connectivity index (χ3n) is 3.84. The van der Waals surface area contributed by atoms with Crippen LogP contribution in [0.2, 0.25) is 0 Å². The molecule has 0 saturated carbocycles. The lowest BCUT2D eigenvalue weighted by Crippen LogP contribution is -2.54. The average molecular weight is 471 g/mol. The molecule has 0 bridgehead atoms. The fourth-order valence-electron chi connectivity index (χ4n) is 2.74. The average Bonchev–Trinajstić information content (AvgIpc) is 2.79. The highest BCUT2D eigenvalue weighted by Crippen LogP contribution is 2.28. The zero-order valence-electron chi connectivity index (χ0n) is 21.8. The van der Waals surface area contributed by atoms with E-state index in [0.717, 1.165) is 5.56 Å². The van der Waals surface area contributed by atoms with Crippen LogP contribution in [-0.4, -0.2) is 49.1 Å². The van der Waals surface area contributed by atoms with Crippen molar-refractivity contribution in [1.82, 2.24) is 0 Å². The Bertz CT molecular complexity index is 671. The summed E-state index contributed by atoms with van der Waals surface area (Å²) in [7, 11) is 0. The molecule has 0 spiro atoms. The third kappa shape index (κ3) is 13.5. The van der Waals surface area contributed by atoms with Crippen LogP contribution in [0.1, 0.15) is 74.3 Å². The lowest BCUT2D eigenvalue weighted by Gasteiger charge is -2.39. The monoisotopic (exact) mass is 470 g/mol. The van der Waals surface area contributed by atoms with Crippen LogP contribution in [0.3, 0.4) is 0 Å². The zero-order chi connectivity index (χ0) is 26.0. The first-order valence-corrected chi connectivity index (χ1v) is 11.6. The van der Waals surface area contributed by atoms with Crippen molar-refractivity contribution >= 4 is 17.9 Å². The van der Waals surface area contributed by atoms with Crippen molar-refractivity contribution < 1.29 is 38.1 Å². The largest absolute Gasteiger partial charge is 0.465 e. The number of hydrogen-bond acceptors (Lipinski definition) is 8. The molecule has 190 valence electrons. The van der Waals surface area contributed by atoms with Crippen molar-refractivity contribution in [2.24, 2.45) is 0 Å². The van der Waals surface area contributed by atoms with Crippen LogP contribution >= 0.6 is 0 Å². The van der Waals surface area contributed by atoms with E-state index >= 15 is 0 Å². The SMILES string of the molecule is CC.CC.CC.CC(=O)OCC1OC(Oc2ccc(C)cc2)CC(OC(C)=O)C1OC(C)=O. The van der Waals surface area contributed by atoms with Gasteiger partial charge in [0.2, 0.25) is 6.29 Å². The maximum absolute atomic E-state index is 11.5. The quantitative estimate of drug-likeness (QED) is 0.423. The van der Waals surface area contributed by atoms with E-state index in [1.165, 1.54) is 20.8 Å². The number of carbonyl (C=O) groups is 3. The summed E-state index contributed by atoms with van der Waals surface area (Å²) in [6.07, 6.45) is -3.17. The van der Waals surface area contributed by atoms with Crippen molar-refractivity contribution in [1.29, 1.82) is 0 Å². The lowest BCUT2D eigenvalue weighted by molar-refractivity contribution is -0.245. The van der Waals surface area contributed by atoms with Gasteiger partial charge in [-0.15, -0.1) is 0 Å². The Kier molecular flexibility index (Phi) is 18.7. The minimum absolute atomic E-state index is 0.155. The van der Waals surface area contributed by atoms with Gasteiger partial charge >= 0.3 is 17.9 Å². The smallest absolute Gasteiger partial charge is 0.303 e. The molecule has 1 aromatic carbocycles. The molecule has 1 aliphatic heterocycles. The van der Waals surface area contributed by atoms with Gasteiger partial charge in [-0.25, -0.2) is 0 Å². The van der Waals surface area contributed by atoms with E-state index in [-0.39, 0.29) is 13.0 Å². The van der Waals surface area contributed by atoms with E-state index in [1.54, 1.807) is 12.1 Å². The Morgan fingerprint density at radius 3 is 1.82 bits per heavy atom. The van der Waals surface area contributed by atoms with Gasteiger partial charge in [0.05, 0.1) is 6.42 Å². The molecule has 4 atom stereocenters. The Balaban J connectivity index is 0. The highest BCUT2D eigenvalue weighted by Gasteiger charge is 2.44. The topological polar surface area (TPSA) is 97.4 Å². The first kappa shape index (κ1) is 32.6. The standard InChI is InChI=1S/C19H24O8.3C2H6/c1-11-5-7-15(8-6-11)26-18-9-16(24-13(3)21)19(25-14(4)22)17(27-18)10-23-12(2)20;3*1-2/h5-8,16-19H,9-10H2,1-4H3;3*1-2H3. The van der Waals surface area contributed by atoms with Crippen LogP contribution in [0, 0.1) is 6.92 Å². The first-order valence-electron chi connectivity index (χ1n) is 11.6. The molecule has 0 aromatic heterocycles. The third-order valence-corrected chi connectivity index (χ3v) is 3.84. The molecule has 8 heteroatoms. The highest BCUT2D eigenvalue weighted by atomic mass is 16.7. The summed E-state index contributed by atoms with van der Waals surface area (Å²) in [6.45, 7) is 17.5. The van der Waals surface area contributed by atoms with Gasteiger partial charge in [0, 0.05) is 20.8 Å². The van der Waals surface area contributed by atoms with Gasteiger partial charge < -0.3 is 23.7 Å². The summed E-state index contributed by atoms with van der Waals surface area (Å²) in [4.78, 5) is 34.1. The van der Waals surface area contributed by atoms with Crippen LogP contribution in [0.15, 0.2) is 24.3 Å². The lowest BCUT2D eigenvalue weighted by atomic mass is 10.0. The molecule has 8 nitrogen and oxygen atoms in total. The van der Waals surface area contributed by atoms with Gasteiger partial charge in [0.15, 0.2) is 6.10 Å². The van der Waals surface area contributed by atoms with Crippen molar-refractivity contribution in [3.63, 3.8) is 0 Å². The zero-order valence-corrected chi connectivity index (χ0v) is 21.8. The predicted octanol–water partition coefficient (Wildman–Crippen LogP) is 4.99. The summed E-state index contributed by atoms with van der Waals surface area (Å²) in [5.74, 6) is -1.03. The second-order valence-corrected chi connectivity index (χ2v) is 6.30. The van der Waals surface area contributed by atoms with Crippen LogP contribution in [0.25, 0.3) is 0 Å². The molecular weight excluding hydrogens is 428 g/mol. The summed E-state index contributed by atoms with van der Waals surface area (Å²) < 4.78 is 27.2. The normalized spacial score (nSPS) is 20.7. The molecule has 0 radical (unpaired) electrons. The van der Waals surface area contributed by atoms with Gasteiger partial charge in [0.1, 0.15) is 24.6 Å². The Labute approximate surface area is 198 Å². The van der Waals surface area contributed by atoms with Gasteiger partial charge in [-0.05, 0) is 19.1 Å². The molecule has 1 aliphatic rings. The second kappa shape index (κ2) is 18.9. The van der Waals surface area contributed by atoms with Gasteiger partial charge in [-0.3, -0.25) is 14.4 Å². The van der Waals surface area contributed by atoms with Crippen LogP contribution < -0.4 is 4.74 Å². The Morgan fingerprint density at radius 1 is 0.848 bits per heavy atom. The number of hydrogen-bond donors (Lipinski definition) is 0. The van der Waals surface area contributed by atoms with Crippen LogP contribution in [0.4, 0.5) is 0 Å². The number of esters is 3. The molecule has 1 heterocycles. The van der Waals surface area contributed by atoms with Crippen LogP contribution in [-0.2, 0) is 33.3 Å². The Morgan fingerprint density at radius 2 is 1.36 bits per heavy atom. The number of carbonyl (C=O) groups excluding carboxylic acids is 3. The van der Waals surface area contributed by atoms with Gasteiger partial charge in [-0.1, -0.05) is 59.2 Å². The van der Waals surface area contributed by atoms with E-state index in [4.69, 9.17) is 23.7 Å². The maximum Gasteiger partial charge on any atom is 0.303 e. The minimum atomic E-state index is -0.913. The molecular formula is C25H42O8. The summed E-state index contributed by atoms with van der Waals surface area (Å²) >= 11 is 0. The van der Waals surface area contributed by atoms with Crippen molar-refractivity contribution in [3.05, 3.63) is 29.8 Å². The molecule has 0 aliphatic carbocycles. The maximum atomic E-state index is 11.5. The van der Waals surface area contributed by atoms with Crippen molar-refractivity contribution in [2.75, 3.05) is 6.61 Å². The predicted molar refractivity (Wildman–Crippen MR) is 127 cm³/mol. The number of ether oxygens (including phenoxy) is 5. The first-order chi connectivity index (χ1) is 15.7. The molecule has 2 rings (SSSR count). The van der Waals surface area contributed by atoms with E-state index < -0.39 is 42.5 Å². The second-order valence-electron chi connectivity index (χ2n) is 6.30. The molecule has 0 amide bonds. The van der Waals surface area contributed by atoms with E-state index in [9.17, 15) is 14.4 Å². The Hall–Kier alpha value is -2.61. The van der Waals surface area contributed by atoms with E-state index in [0.29, 0.717) is 5.75 Å². The minimum Gasteiger partial charge on any atom is -0.465 e. The molecule has 0 N–H and O–H groups in total. The number of aryl methyl sites for hydroxylation is 1. The number of benzene rings is 1. The summed E-state index contributed by atoms with van der Waals surface area (Å²) in [6, 6.07) is 7.36. The van der Waals surface area contributed by atoms with E-state index in [2.05, 4.69) is 0 Å². The van der Waals surface area contributed by atoms with Gasteiger partial charge in [-0.2, -0.15) is 0 Å². The highest BCUT2D eigenvalue weighted by molar-refractivity contribution is 5.67. The van der Waals surface area contributed by atoms with Crippen molar-refractivity contribution in [2.45, 2.75) is 100 Å². The fraction of sp³-hybridized carbons (Fsp3) is 0.640. The fourth-order valence-corrected chi connectivity index (χ4v) is 2.74. The molecule has 4 unspecified atom stereocenters. The molecule has 1 fully saturated rings. The van der Waals surface area contributed by atoms with E-state index in [1.807, 2.05) is 60.6 Å². The molecule has 33 heavy (non-hydrogen) atoms. The molecule has 1 aromatic rings. The number of rotatable bonds is 6. The van der Waals surface area contributed by atoms with Gasteiger partial charge in [0.25, 0.3) is 0 Å². The van der Waals surface area contributed by atoms with Crippen molar-refractivity contribution in [3.8, 4) is 5.75 Å². The molecule has 1 saturated heterocycles. The summed E-state index contributed by atoms with van der Waals surface area (Å²) in [5.41, 5.74) is 1.08. The van der Waals surface area contributed by atoms with Crippen LogP contribution in [0.5, 0.6) is 5.75 Å². The summed E-state index contributed by atoms with van der Waals surface area (Å²) in [5, 5.41) is 0.